The molecule has 0 unspecified atom stereocenters. The number of benzene rings is 3. The van der Waals surface area contributed by atoms with Gasteiger partial charge in [0.2, 0.25) is 10.0 Å². The minimum Gasteiger partial charge on any atom is -0.348 e. The number of sulfonamides is 1. The van der Waals surface area contributed by atoms with Gasteiger partial charge in [0.05, 0.1) is 4.90 Å². The van der Waals surface area contributed by atoms with Crippen molar-refractivity contribution in [2.24, 2.45) is 0 Å². The van der Waals surface area contributed by atoms with Crippen molar-refractivity contribution >= 4 is 15.9 Å². The van der Waals surface area contributed by atoms with Crippen LogP contribution >= 0.6 is 0 Å². The molecule has 0 aliphatic heterocycles. The van der Waals surface area contributed by atoms with Crippen LogP contribution < -0.4 is 10.0 Å². The van der Waals surface area contributed by atoms with Gasteiger partial charge in [-0.25, -0.2) is 17.5 Å². The molecule has 0 spiro atoms. The van der Waals surface area contributed by atoms with E-state index < -0.39 is 15.8 Å². The van der Waals surface area contributed by atoms with Crippen LogP contribution in [-0.4, -0.2) is 32.3 Å². The summed E-state index contributed by atoms with van der Waals surface area (Å²) in [5, 5.41) is 2.78. The van der Waals surface area contributed by atoms with Gasteiger partial charge in [-0.05, 0) is 66.2 Å². The molecule has 3 aromatic carbocycles. The second-order valence-electron chi connectivity index (χ2n) is 7.94. The smallest absolute Gasteiger partial charge is 0.251 e. The van der Waals surface area contributed by atoms with Gasteiger partial charge >= 0.3 is 0 Å². The van der Waals surface area contributed by atoms with Crippen LogP contribution in [0.3, 0.4) is 0 Å². The Morgan fingerprint density at radius 1 is 0.794 bits per heavy atom. The van der Waals surface area contributed by atoms with Crippen LogP contribution in [0, 0.1) is 5.82 Å². The Morgan fingerprint density at radius 3 is 1.88 bits per heavy atom. The number of nitrogens with zero attached hydrogens (tertiary/aromatic N) is 1. The van der Waals surface area contributed by atoms with Crippen molar-refractivity contribution in [1.82, 2.24) is 14.9 Å². The molecule has 0 atom stereocenters. The zero-order valence-electron chi connectivity index (χ0n) is 19.4. The van der Waals surface area contributed by atoms with E-state index in [1.54, 1.807) is 12.1 Å². The summed E-state index contributed by atoms with van der Waals surface area (Å²) in [5.74, 6) is -0.685. The fraction of sp³-hybridized carbons (Fsp3) is 0.269. The number of hydrogen-bond acceptors (Lipinski definition) is 4. The quantitative estimate of drug-likeness (QED) is 0.431. The summed E-state index contributed by atoms with van der Waals surface area (Å²) in [6.45, 7) is 7.34. The highest BCUT2D eigenvalue weighted by Gasteiger charge is 2.14. The fourth-order valence-electron chi connectivity index (χ4n) is 3.40. The number of halogens is 1. The monoisotopic (exact) mass is 483 g/mol. The first-order chi connectivity index (χ1) is 16.3. The topological polar surface area (TPSA) is 78.5 Å². The van der Waals surface area contributed by atoms with Crippen LogP contribution in [0.15, 0.2) is 77.7 Å². The molecule has 180 valence electrons. The average molecular weight is 484 g/mol. The first-order valence-corrected chi connectivity index (χ1v) is 12.7. The largest absolute Gasteiger partial charge is 0.348 e. The molecule has 0 radical (unpaired) electrons. The summed E-state index contributed by atoms with van der Waals surface area (Å²) < 4.78 is 40.9. The Kier molecular flexibility index (Phi) is 8.92. The molecular weight excluding hydrogens is 453 g/mol. The van der Waals surface area contributed by atoms with Crippen molar-refractivity contribution in [3.05, 3.63) is 101 Å². The second kappa shape index (κ2) is 11.9. The van der Waals surface area contributed by atoms with Gasteiger partial charge in [0, 0.05) is 25.2 Å². The molecule has 3 aromatic rings. The minimum atomic E-state index is -3.63. The van der Waals surface area contributed by atoms with Crippen molar-refractivity contribution < 1.29 is 17.6 Å². The number of carbonyl (C=O) groups is 1. The molecule has 34 heavy (non-hydrogen) atoms. The first kappa shape index (κ1) is 25.6. The van der Waals surface area contributed by atoms with E-state index in [1.165, 1.54) is 24.3 Å². The molecule has 0 fully saturated rings. The normalized spacial score (nSPS) is 11.5. The van der Waals surface area contributed by atoms with E-state index >= 15 is 0 Å². The Labute approximate surface area is 200 Å². The van der Waals surface area contributed by atoms with E-state index in [9.17, 15) is 17.6 Å². The van der Waals surface area contributed by atoms with Crippen molar-refractivity contribution in [2.75, 3.05) is 13.1 Å². The Bertz CT molecular complexity index is 1180. The standard InChI is InChI=1S/C26H30FN3O3S/c1-3-30(4-2)19-22-9-15-25(16-10-22)34(32,33)29-18-21-7-5-20(6-8-21)17-28-26(31)23-11-13-24(27)14-12-23/h5-16,29H,3-4,17-19H2,1-2H3,(H,28,31). The zero-order valence-corrected chi connectivity index (χ0v) is 20.2. The maximum Gasteiger partial charge on any atom is 0.251 e. The fourth-order valence-corrected chi connectivity index (χ4v) is 4.42. The van der Waals surface area contributed by atoms with E-state index in [2.05, 4.69) is 28.8 Å². The summed E-state index contributed by atoms with van der Waals surface area (Å²) in [5.41, 5.74) is 3.12. The molecule has 8 heteroatoms. The van der Waals surface area contributed by atoms with Gasteiger partial charge in [0.25, 0.3) is 5.91 Å². The lowest BCUT2D eigenvalue weighted by atomic mass is 10.1. The highest BCUT2D eigenvalue weighted by Crippen LogP contribution is 2.13. The predicted octanol–water partition coefficient (Wildman–Crippen LogP) is 4.08. The maximum absolute atomic E-state index is 13.0. The number of nitrogens with one attached hydrogen (secondary N) is 2. The Hall–Kier alpha value is -3.07. The number of hydrogen-bond donors (Lipinski definition) is 2. The lowest BCUT2D eigenvalue weighted by Crippen LogP contribution is -2.24. The maximum atomic E-state index is 13.0. The van der Waals surface area contributed by atoms with Crippen molar-refractivity contribution in [3.63, 3.8) is 0 Å². The summed E-state index contributed by atoms with van der Waals surface area (Å²) in [6, 6.07) is 19.6. The minimum absolute atomic E-state index is 0.158. The van der Waals surface area contributed by atoms with E-state index in [0.717, 1.165) is 36.3 Å². The molecular formula is C26H30FN3O3S. The van der Waals surface area contributed by atoms with Crippen molar-refractivity contribution in [3.8, 4) is 0 Å². The molecule has 2 N–H and O–H groups in total. The molecule has 6 nitrogen and oxygen atoms in total. The van der Waals surface area contributed by atoms with Crippen LogP contribution in [0.2, 0.25) is 0 Å². The van der Waals surface area contributed by atoms with Gasteiger partial charge in [-0.1, -0.05) is 50.2 Å². The molecule has 0 aromatic heterocycles. The van der Waals surface area contributed by atoms with Crippen LogP contribution in [0.4, 0.5) is 4.39 Å². The number of amides is 1. The van der Waals surface area contributed by atoms with Crippen LogP contribution in [-0.2, 0) is 29.7 Å². The number of carbonyl (C=O) groups excluding carboxylic acids is 1. The summed E-state index contributed by atoms with van der Waals surface area (Å²) >= 11 is 0. The summed E-state index contributed by atoms with van der Waals surface area (Å²) in [6.07, 6.45) is 0. The van der Waals surface area contributed by atoms with Crippen LogP contribution in [0.25, 0.3) is 0 Å². The van der Waals surface area contributed by atoms with Crippen LogP contribution in [0.5, 0.6) is 0 Å². The lowest BCUT2D eigenvalue weighted by molar-refractivity contribution is 0.0951. The molecule has 1 amide bonds. The highest BCUT2D eigenvalue weighted by molar-refractivity contribution is 7.89. The van der Waals surface area contributed by atoms with Gasteiger partial charge in [0.15, 0.2) is 0 Å². The first-order valence-electron chi connectivity index (χ1n) is 11.2. The summed E-state index contributed by atoms with van der Waals surface area (Å²) in [4.78, 5) is 14.6. The van der Waals surface area contributed by atoms with Crippen LogP contribution in [0.1, 0.15) is 40.9 Å². The summed E-state index contributed by atoms with van der Waals surface area (Å²) in [7, 11) is -3.63. The van der Waals surface area contributed by atoms with Gasteiger partial charge in [0.1, 0.15) is 5.82 Å². The molecule has 3 rings (SSSR count). The molecule has 0 heterocycles. The SMILES string of the molecule is CCN(CC)Cc1ccc(S(=O)(=O)NCc2ccc(CNC(=O)c3ccc(F)cc3)cc2)cc1. The van der Waals surface area contributed by atoms with E-state index in [0.29, 0.717) is 12.1 Å². The third kappa shape index (κ3) is 7.21. The zero-order chi connectivity index (χ0) is 24.6. The Balaban J connectivity index is 1.52. The molecule has 0 aliphatic carbocycles. The average Bonchev–Trinajstić information content (AvgIpc) is 2.86. The number of rotatable bonds is 11. The van der Waals surface area contributed by atoms with Gasteiger partial charge in [-0.2, -0.15) is 0 Å². The van der Waals surface area contributed by atoms with Gasteiger partial charge < -0.3 is 5.32 Å². The molecule has 0 saturated carbocycles. The Morgan fingerprint density at radius 2 is 1.32 bits per heavy atom. The lowest BCUT2D eigenvalue weighted by Gasteiger charge is -2.18. The predicted molar refractivity (Wildman–Crippen MR) is 131 cm³/mol. The second-order valence-corrected chi connectivity index (χ2v) is 9.70. The van der Waals surface area contributed by atoms with E-state index in [-0.39, 0.29) is 17.3 Å². The van der Waals surface area contributed by atoms with E-state index in [1.807, 2.05) is 36.4 Å². The third-order valence-corrected chi connectivity index (χ3v) is 7.00. The highest BCUT2D eigenvalue weighted by atomic mass is 32.2. The third-order valence-electron chi connectivity index (χ3n) is 5.58. The van der Waals surface area contributed by atoms with Gasteiger partial charge in [-0.15, -0.1) is 0 Å². The van der Waals surface area contributed by atoms with Crippen molar-refractivity contribution in [2.45, 2.75) is 38.4 Å². The molecule has 0 aliphatic rings. The van der Waals surface area contributed by atoms with Gasteiger partial charge in [-0.3, -0.25) is 9.69 Å². The van der Waals surface area contributed by atoms with Crippen molar-refractivity contribution in [1.29, 1.82) is 0 Å². The van der Waals surface area contributed by atoms with E-state index in [4.69, 9.17) is 0 Å². The molecule has 0 saturated heterocycles. The molecule has 0 bridgehead atoms.